The van der Waals surface area contributed by atoms with Crippen LogP contribution in [0.1, 0.15) is 102 Å². The zero-order chi connectivity index (χ0) is 28.7. The summed E-state index contributed by atoms with van der Waals surface area (Å²) >= 11 is 0. The van der Waals surface area contributed by atoms with Crippen molar-refractivity contribution in [1.29, 1.82) is 5.41 Å². The summed E-state index contributed by atoms with van der Waals surface area (Å²) in [7, 11) is 0. The van der Waals surface area contributed by atoms with E-state index in [9.17, 15) is 20.1 Å². The van der Waals surface area contributed by atoms with Crippen LogP contribution in [0.2, 0.25) is 0 Å². The van der Waals surface area contributed by atoms with Crippen LogP contribution in [-0.4, -0.2) is 62.6 Å². The second-order valence-corrected chi connectivity index (χ2v) is 13.6. The molecule has 7 nitrogen and oxygen atoms in total. The summed E-state index contributed by atoms with van der Waals surface area (Å²) < 4.78 is 12.4. The zero-order valence-electron chi connectivity index (χ0n) is 25.2. The normalized spacial score (nSPS) is 48.7. The first kappa shape index (κ1) is 32.2. The quantitative estimate of drug-likeness (QED) is 0.377. The molecular formula is C30H55NO6. The number of cyclic esters (lactones) is 1. The van der Waals surface area contributed by atoms with Gasteiger partial charge in [0.15, 0.2) is 0 Å². The molecule has 0 spiro atoms. The predicted octanol–water partition coefficient (Wildman–Crippen LogP) is 4.98. The summed E-state index contributed by atoms with van der Waals surface area (Å²) in [5, 5.41) is 43.3. The van der Waals surface area contributed by atoms with Crippen LogP contribution in [0, 0.1) is 46.3 Å². The van der Waals surface area contributed by atoms with Crippen molar-refractivity contribution in [2.75, 3.05) is 0 Å². The Morgan fingerprint density at radius 2 is 1.54 bits per heavy atom. The van der Waals surface area contributed by atoms with Gasteiger partial charge in [-0.2, -0.15) is 0 Å². The van der Waals surface area contributed by atoms with Crippen LogP contribution in [0.5, 0.6) is 0 Å². The Bertz CT molecular complexity index is 798. The van der Waals surface area contributed by atoms with E-state index in [0.717, 1.165) is 12.8 Å². The van der Waals surface area contributed by atoms with E-state index in [1.165, 1.54) is 6.92 Å². The second kappa shape index (κ2) is 11.6. The molecule has 0 bridgehead atoms. The van der Waals surface area contributed by atoms with E-state index < -0.39 is 46.6 Å². The largest absolute Gasteiger partial charge is 0.459 e. The van der Waals surface area contributed by atoms with E-state index in [-0.39, 0.29) is 35.7 Å². The third-order valence-electron chi connectivity index (χ3n) is 10.3. The van der Waals surface area contributed by atoms with E-state index in [2.05, 4.69) is 20.8 Å². The first-order chi connectivity index (χ1) is 16.8. The van der Waals surface area contributed by atoms with Crippen LogP contribution in [0.15, 0.2) is 0 Å². The van der Waals surface area contributed by atoms with Crippen molar-refractivity contribution in [3.8, 4) is 0 Å². The minimum Gasteiger partial charge on any atom is -0.459 e. The molecule has 1 unspecified atom stereocenters. The highest BCUT2D eigenvalue weighted by Crippen LogP contribution is 2.50. The fraction of sp³-hybridized carbons (Fsp3) is 0.933. The Labute approximate surface area is 225 Å². The number of rotatable bonds is 2. The SMILES string of the molecule is CC[C@H]1OC(=O)[C@H](C)[C@@H](C2C[C@H](C)C[C@H](C)O2)[C@H](C)C(C)(C)[C@](C)(O)C[C@@H](C)C(=N)[C@H](C)[C@@H](O)[C@]1(C)O. The van der Waals surface area contributed by atoms with E-state index >= 15 is 0 Å². The molecular weight excluding hydrogens is 470 g/mol. The molecule has 37 heavy (non-hydrogen) atoms. The van der Waals surface area contributed by atoms with Gasteiger partial charge >= 0.3 is 5.97 Å². The van der Waals surface area contributed by atoms with Crippen molar-refractivity contribution < 1.29 is 29.6 Å². The second-order valence-electron chi connectivity index (χ2n) is 13.6. The first-order valence-corrected chi connectivity index (χ1v) is 14.4. The smallest absolute Gasteiger partial charge is 0.309 e. The Hall–Kier alpha value is -1.02. The van der Waals surface area contributed by atoms with Gasteiger partial charge in [-0.05, 0) is 69.6 Å². The Balaban J connectivity index is 2.65. The molecule has 2 aliphatic rings. The molecule has 2 saturated heterocycles. The van der Waals surface area contributed by atoms with Crippen molar-refractivity contribution in [2.45, 2.75) is 137 Å². The summed E-state index contributed by atoms with van der Waals surface area (Å²) in [6, 6.07) is 0. The number of ether oxygens (including phenoxy) is 2. The fourth-order valence-corrected chi connectivity index (χ4v) is 7.07. The topological polar surface area (TPSA) is 120 Å². The number of carbonyl (C=O) groups is 1. The van der Waals surface area contributed by atoms with Crippen LogP contribution < -0.4 is 0 Å². The zero-order valence-corrected chi connectivity index (χ0v) is 25.2. The molecule has 2 rings (SSSR count). The average Bonchev–Trinajstić information content (AvgIpc) is 2.78. The number of aliphatic hydroxyl groups excluding tert-OH is 1. The molecule has 7 heteroatoms. The van der Waals surface area contributed by atoms with Gasteiger partial charge in [0.1, 0.15) is 11.7 Å². The van der Waals surface area contributed by atoms with E-state index in [4.69, 9.17) is 14.9 Å². The maximum absolute atomic E-state index is 13.7. The first-order valence-electron chi connectivity index (χ1n) is 14.4. The lowest BCUT2D eigenvalue weighted by Crippen LogP contribution is -2.58. The minimum atomic E-state index is -1.74. The maximum atomic E-state index is 13.7. The molecule has 0 aliphatic carbocycles. The number of hydrogen-bond acceptors (Lipinski definition) is 7. The number of aliphatic hydroxyl groups is 3. The van der Waals surface area contributed by atoms with Gasteiger partial charge in [0.2, 0.25) is 0 Å². The molecule has 2 fully saturated rings. The predicted molar refractivity (Wildman–Crippen MR) is 146 cm³/mol. The number of nitrogens with one attached hydrogen (secondary N) is 1. The molecule has 0 aromatic heterocycles. The highest BCUT2D eigenvalue weighted by atomic mass is 16.6. The van der Waals surface area contributed by atoms with Gasteiger partial charge in [-0.25, -0.2) is 0 Å². The van der Waals surface area contributed by atoms with Gasteiger partial charge in [-0.1, -0.05) is 55.4 Å². The molecule has 0 saturated carbocycles. The van der Waals surface area contributed by atoms with Crippen molar-refractivity contribution in [3.63, 3.8) is 0 Å². The van der Waals surface area contributed by atoms with Gasteiger partial charge < -0.3 is 30.2 Å². The standard InChI is InChI=1S/C30H55NO6/c1-12-23-30(11,35)26(32)20(6)25(31)17(3)15-29(10,34)28(8,9)21(7)24(19(5)27(33)37-23)22-14-16(2)13-18(4)36-22/h16-24,26,31-32,34-35H,12-15H2,1-11H3/t16-,17-,18+,19-,20+,21+,22?,23-,24-,26-,29-,30-/m1/s1. The Morgan fingerprint density at radius 1 is 0.973 bits per heavy atom. The summed E-state index contributed by atoms with van der Waals surface area (Å²) in [6.07, 6.45) is 0.0896. The fourth-order valence-electron chi connectivity index (χ4n) is 7.07. The summed E-state index contributed by atoms with van der Waals surface area (Å²) in [5.74, 6) is -1.90. The van der Waals surface area contributed by atoms with Gasteiger partial charge in [0, 0.05) is 17.5 Å². The van der Waals surface area contributed by atoms with Crippen molar-refractivity contribution in [2.24, 2.45) is 40.9 Å². The lowest BCUT2D eigenvalue weighted by atomic mass is 9.58. The minimum absolute atomic E-state index is 0.0714. The van der Waals surface area contributed by atoms with Gasteiger partial charge in [-0.15, -0.1) is 0 Å². The molecule has 0 aromatic carbocycles. The van der Waals surface area contributed by atoms with Crippen molar-refractivity contribution >= 4 is 11.7 Å². The molecule has 0 amide bonds. The molecule has 2 heterocycles. The van der Waals surface area contributed by atoms with Crippen molar-refractivity contribution in [1.82, 2.24) is 0 Å². The lowest BCUT2D eigenvalue weighted by molar-refractivity contribution is -0.196. The van der Waals surface area contributed by atoms with Crippen LogP contribution in [0.25, 0.3) is 0 Å². The van der Waals surface area contributed by atoms with Gasteiger partial charge in [0.25, 0.3) is 0 Å². The Morgan fingerprint density at radius 3 is 2.05 bits per heavy atom. The molecule has 216 valence electrons. The monoisotopic (exact) mass is 525 g/mol. The Kier molecular flexibility index (Phi) is 10.1. The molecule has 4 N–H and O–H groups in total. The average molecular weight is 526 g/mol. The number of carbonyl (C=O) groups excluding carboxylic acids is 1. The van der Waals surface area contributed by atoms with Crippen LogP contribution in [-0.2, 0) is 14.3 Å². The van der Waals surface area contributed by atoms with Gasteiger partial charge in [0.05, 0.1) is 29.8 Å². The number of esters is 1. The lowest BCUT2D eigenvalue weighted by Gasteiger charge is -2.52. The summed E-state index contributed by atoms with van der Waals surface area (Å²) in [4.78, 5) is 13.7. The third kappa shape index (κ3) is 6.42. The van der Waals surface area contributed by atoms with Crippen LogP contribution >= 0.6 is 0 Å². The highest BCUT2D eigenvalue weighted by molar-refractivity contribution is 5.86. The number of hydrogen-bond donors (Lipinski definition) is 4. The molecule has 0 aromatic rings. The maximum Gasteiger partial charge on any atom is 0.309 e. The van der Waals surface area contributed by atoms with E-state index in [1.54, 1.807) is 6.92 Å². The van der Waals surface area contributed by atoms with E-state index in [0.29, 0.717) is 18.8 Å². The van der Waals surface area contributed by atoms with E-state index in [1.807, 2.05) is 41.5 Å². The van der Waals surface area contributed by atoms with Crippen molar-refractivity contribution in [3.05, 3.63) is 0 Å². The van der Waals surface area contributed by atoms with Crippen LogP contribution in [0.4, 0.5) is 0 Å². The molecule has 12 atom stereocenters. The molecule has 0 radical (unpaired) electrons. The summed E-state index contributed by atoms with van der Waals surface area (Å²) in [6.45, 7) is 21.0. The summed E-state index contributed by atoms with van der Waals surface area (Å²) in [5.41, 5.74) is -3.28. The van der Waals surface area contributed by atoms with Gasteiger partial charge in [-0.3, -0.25) is 4.79 Å². The third-order valence-corrected chi connectivity index (χ3v) is 10.3. The highest BCUT2D eigenvalue weighted by Gasteiger charge is 2.53. The van der Waals surface area contributed by atoms with Crippen LogP contribution in [0.3, 0.4) is 0 Å². The molecule has 2 aliphatic heterocycles.